The summed E-state index contributed by atoms with van der Waals surface area (Å²) < 4.78 is 1.25. The van der Waals surface area contributed by atoms with Crippen molar-refractivity contribution in [1.29, 1.82) is 0 Å². The third-order valence-corrected chi connectivity index (χ3v) is 3.92. The van der Waals surface area contributed by atoms with Crippen molar-refractivity contribution < 1.29 is 0 Å². The number of hydrogen-bond acceptors (Lipinski definition) is 1. The molecule has 0 aromatic heterocycles. The van der Waals surface area contributed by atoms with Crippen LogP contribution in [0.2, 0.25) is 0 Å². The molecule has 1 aromatic carbocycles. The molecule has 1 saturated carbocycles. The molecular formula is C14H20BrN. The average molecular weight is 282 g/mol. The molecule has 0 heterocycles. The molecule has 16 heavy (non-hydrogen) atoms. The Morgan fingerprint density at radius 3 is 2.81 bits per heavy atom. The highest BCUT2D eigenvalue weighted by molar-refractivity contribution is 9.10. The highest BCUT2D eigenvalue weighted by Gasteiger charge is 2.32. The fourth-order valence-corrected chi connectivity index (χ4v) is 2.65. The molecule has 1 nitrogen and oxygen atoms in total. The summed E-state index contributed by atoms with van der Waals surface area (Å²) in [5.41, 5.74) is 2.79. The predicted molar refractivity (Wildman–Crippen MR) is 72.6 cm³/mol. The van der Waals surface area contributed by atoms with Crippen LogP contribution in [0.1, 0.15) is 43.4 Å². The van der Waals surface area contributed by atoms with Gasteiger partial charge in [0, 0.05) is 10.5 Å². The lowest BCUT2D eigenvalue weighted by Crippen LogP contribution is -2.24. The van der Waals surface area contributed by atoms with Crippen LogP contribution < -0.4 is 5.32 Å². The van der Waals surface area contributed by atoms with E-state index in [-0.39, 0.29) is 0 Å². The second kappa shape index (κ2) is 5.33. The maximum atomic E-state index is 3.69. The lowest BCUT2D eigenvalue weighted by Gasteiger charge is -2.20. The molecular weight excluding hydrogens is 262 g/mol. The van der Waals surface area contributed by atoms with E-state index >= 15 is 0 Å². The largest absolute Gasteiger partial charge is 0.310 e. The molecule has 1 N–H and O–H groups in total. The predicted octanol–water partition coefficient (Wildman–Crippen LogP) is 4.21. The first-order valence-corrected chi connectivity index (χ1v) is 7.01. The van der Waals surface area contributed by atoms with E-state index < -0.39 is 0 Å². The minimum absolute atomic E-state index is 0.550. The summed E-state index contributed by atoms with van der Waals surface area (Å²) in [4.78, 5) is 0. The Balaban J connectivity index is 2.19. The third kappa shape index (κ3) is 2.86. The van der Waals surface area contributed by atoms with E-state index in [9.17, 15) is 0 Å². The van der Waals surface area contributed by atoms with Crippen molar-refractivity contribution in [2.75, 3.05) is 6.54 Å². The molecule has 0 radical (unpaired) electrons. The fraction of sp³-hybridized carbons (Fsp3) is 0.571. The van der Waals surface area contributed by atoms with E-state index in [1.54, 1.807) is 0 Å². The monoisotopic (exact) mass is 281 g/mol. The summed E-state index contributed by atoms with van der Waals surface area (Å²) >= 11 is 3.68. The van der Waals surface area contributed by atoms with Gasteiger partial charge < -0.3 is 5.32 Å². The summed E-state index contributed by atoms with van der Waals surface area (Å²) in [6.45, 7) is 5.50. The first kappa shape index (κ1) is 12.1. The lowest BCUT2D eigenvalue weighted by atomic mass is 10.0. The molecule has 1 aliphatic rings. The van der Waals surface area contributed by atoms with Gasteiger partial charge in [-0.3, -0.25) is 0 Å². The summed E-state index contributed by atoms with van der Waals surface area (Å²) in [6, 6.07) is 7.20. The minimum Gasteiger partial charge on any atom is -0.310 e. The van der Waals surface area contributed by atoms with Gasteiger partial charge in [0.1, 0.15) is 0 Å². The van der Waals surface area contributed by atoms with Crippen molar-refractivity contribution in [2.24, 2.45) is 5.92 Å². The topological polar surface area (TPSA) is 12.0 Å². The van der Waals surface area contributed by atoms with Crippen molar-refractivity contribution in [2.45, 2.75) is 39.2 Å². The van der Waals surface area contributed by atoms with Gasteiger partial charge in [-0.15, -0.1) is 0 Å². The molecule has 1 aromatic rings. The van der Waals surface area contributed by atoms with Gasteiger partial charge in [0.05, 0.1) is 0 Å². The number of rotatable bonds is 5. The molecule has 1 unspecified atom stereocenters. The van der Waals surface area contributed by atoms with Crippen LogP contribution in [0.4, 0.5) is 0 Å². The third-order valence-electron chi connectivity index (χ3n) is 3.19. The molecule has 1 aliphatic carbocycles. The molecule has 0 saturated heterocycles. The van der Waals surface area contributed by atoms with E-state index in [1.165, 1.54) is 34.9 Å². The maximum Gasteiger partial charge on any atom is 0.0359 e. The Morgan fingerprint density at radius 2 is 2.19 bits per heavy atom. The van der Waals surface area contributed by atoms with Crippen molar-refractivity contribution in [3.05, 3.63) is 33.8 Å². The average Bonchev–Trinajstić information content (AvgIpc) is 3.08. The zero-order valence-electron chi connectivity index (χ0n) is 10.1. The molecule has 0 amide bonds. The normalized spacial score (nSPS) is 17.4. The number of aryl methyl sites for hydroxylation is 1. The van der Waals surface area contributed by atoms with Crippen LogP contribution in [0, 0.1) is 12.8 Å². The molecule has 1 atom stereocenters. The van der Waals surface area contributed by atoms with Gasteiger partial charge in [0.25, 0.3) is 0 Å². The van der Waals surface area contributed by atoms with Crippen molar-refractivity contribution in [3.8, 4) is 0 Å². The summed E-state index contributed by atoms with van der Waals surface area (Å²) in [7, 11) is 0. The fourth-order valence-electron chi connectivity index (χ4n) is 2.16. The standard InChI is InChI=1S/C14H20BrN/c1-3-8-16-14(11-5-6-11)12-9-10(2)4-7-13(12)15/h4,7,9,11,14,16H,3,5-6,8H2,1-2H3. The minimum atomic E-state index is 0.550. The number of benzene rings is 1. The van der Waals surface area contributed by atoms with Crippen LogP contribution in [0.5, 0.6) is 0 Å². The van der Waals surface area contributed by atoms with E-state index in [0.717, 1.165) is 12.5 Å². The molecule has 2 rings (SSSR count). The molecule has 0 bridgehead atoms. The van der Waals surface area contributed by atoms with E-state index in [2.05, 4.69) is 53.3 Å². The summed E-state index contributed by atoms with van der Waals surface area (Å²) in [6.07, 6.45) is 3.95. The van der Waals surface area contributed by atoms with Gasteiger partial charge >= 0.3 is 0 Å². The second-order valence-electron chi connectivity index (χ2n) is 4.79. The van der Waals surface area contributed by atoms with Gasteiger partial charge in [0.2, 0.25) is 0 Å². The smallest absolute Gasteiger partial charge is 0.0359 e. The Bertz CT molecular complexity index is 358. The van der Waals surface area contributed by atoms with Crippen LogP contribution >= 0.6 is 15.9 Å². The van der Waals surface area contributed by atoms with E-state index in [4.69, 9.17) is 0 Å². The summed E-state index contributed by atoms with van der Waals surface area (Å²) in [5.74, 6) is 0.852. The van der Waals surface area contributed by atoms with Crippen LogP contribution in [-0.4, -0.2) is 6.54 Å². The SMILES string of the molecule is CCCNC(c1cc(C)ccc1Br)C1CC1. The molecule has 0 aliphatic heterocycles. The van der Waals surface area contributed by atoms with Crippen LogP contribution in [0.3, 0.4) is 0 Å². The number of halogens is 1. The van der Waals surface area contributed by atoms with Crippen LogP contribution in [-0.2, 0) is 0 Å². The van der Waals surface area contributed by atoms with Crippen molar-refractivity contribution in [1.82, 2.24) is 5.32 Å². The van der Waals surface area contributed by atoms with Crippen molar-refractivity contribution >= 4 is 15.9 Å². The van der Waals surface area contributed by atoms with E-state index in [1.807, 2.05) is 0 Å². The molecule has 2 heteroatoms. The number of hydrogen-bond donors (Lipinski definition) is 1. The first-order chi connectivity index (χ1) is 7.72. The van der Waals surface area contributed by atoms with Crippen LogP contribution in [0.15, 0.2) is 22.7 Å². The maximum absolute atomic E-state index is 3.69. The lowest BCUT2D eigenvalue weighted by molar-refractivity contribution is 0.479. The molecule has 88 valence electrons. The van der Waals surface area contributed by atoms with E-state index in [0.29, 0.717) is 6.04 Å². The van der Waals surface area contributed by atoms with Crippen molar-refractivity contribution in [3.63, 3.8) is 0 Å². The Hall–Kier alpha value is -0.340. The quantitative estimate of drug-likeness (QED) is 0.853. The Kier molecular flexibility index (Phi) is 4.04. The molecule has 0 spiro atoms. The van der Waals surface area contributed by atoms with Gasteiger partial charge in [0.15, 0.2) is 0 Å². The van der Waals surface area contributed by atoms with Gasteiger partial charge in [-0.25, -0.2) is 0 Å². The zero-order chi connectivity index (χ0) is 11.5. The first-order valence-electron chi connectivity index (χ1n) is 6.21. The highest BCUT2D eigenvalue weighted by Crippen LogP contribution is 2.43. The second-order valence-corrected chi connectivity index (χ2v) is 5.65. The number of nitrogens with one attached hydrogen (secondary N) is 1. The van der Waals surface area contributed by atoms with Gasteiger partial charge in [-0.05, 0) is 50.3 Å². The highest BCUT2D eigenvalue weighted by atomic mass is 79.9. The van der Waals surface area contributed by atoms with Gasteiger partial charge in [-0.1, -0.05) is 40.5 Å². The zero-order valence-corrected chi connectivity index (χ0v) is 11.7. The summed E-state index contributed by atoms with van der Waals surface area (Å²) in [5, 5.41) is 3.69. The Morgan fingerprint density at radius 1 is 1.44 bits per heavy atom. The Labute approximate surface area is 107 Å². The van der Waals surface area contributed by atoms with Crippen LogP contribution in [0.25, 0.3) is 0 Å². The van der Waals surface area contributed by atoms with Gasteiger partial charge in [-0.2, -0.15) is 0 Å². The molecule has 1 fully saturated rings.